The summed E-state index contributed by atoms with van der Waals surface area (Å²) in [6.45, 7) is 1.07. The number of aromatic nitrogens is 6. The predicted molar refractivity (Wildman–Crippen MR) is 119 cm³/mol. The topological polar surface area (TPSA) is 162 Å². The lowest BCUT2D eigenvalue weighted by Gasteiger charge is -2.16. The molecule has 5 rings (SSSR count). The fourth-order valence-electron chi connectivity index (χ4n) is 4.17. The number of carbonyl (C=O) groups is 3. The van der Waals surface area contributed by atoms with Crippen LogP contribution in [0.4, 0.5) is 0 Å². The SMILES string of the molecule is Cn1nc(-c2cc(C(N)=O)c3nc(-c4cccnc4)nn3c2)c(C(=O)N2CCCC2)c1C(=O)O. The van der Waals surface area contributed by atoms with E-state index in [9.17, 15) is 19.5 Å². The number of carbonyl (C=O) groups excluding carboxylic acids is 2. The Labute approximate surface area is 192 Å². The van der Waals surface area contributed by atoms with Crippen molar-refractivity contribution in [2.45, 2.75) is 12.8 Å². The maximum Gasteiger partial charge on any atom is 0.355 e. The molecule has 0 spiro atoms. The van der Waals surface area contributed by atoms with Crippen molar-refractivity contribution in [3.63, 3.8) is 0 Å². The molecule has 4 aromatic rings. The third-order valence-corrected chi connectivity index (χ3v) is 5.75. The molecular formula is C22H20N8O4. The maximum absolute atomic E-state index is 13.3. The van der Waals surface area contributed by atoms with Crippen LogP contribution in [0.5, 0.6) is 0 Å². The summed E-state index contributed by atoms with van der Waals surface area (Å²) in [6.07, 6.45) is 6.44. The first-order valence-corrected chi connectivity index (χ1v) is 10.6. The number of fused-ring (bicyclic) bond motifs is 1. The molecule has 0 bridgehead atoms. The normalized spacial score (nSPS) is 13.5. The van der Waals surface area contributed by atoms with Crippen LogP contribution in [0.15, 0.2) is 36.8 Å². The zero-order valence-corrected chi connectivity index (χ0v) is 18.2. The van der Waals surface area contributed by atoms with E-state index in [0.29, 0.717) is 30.0 Å². The highest BCUT2D eigenvalue weighted by Crippen LogP contribution is 2.30. The van der Waals surface area contributed by atoms with Crippen molar-refractivity contribution in [3.05, 3.63) is 53.6 Å². The van der Waals surface area contributed by atoms with Gasteiger partial charge in [0.05, 0.1) is 5.56 Å². The van der Waals surface area contributed by atoms with E-state index in [2.05, 4.69) is 20.2 Å². The second-order valence-corrected chi connectivity index (χ2v) is 7.95. The molecule has 2 amide bonds. The third kappa shape index (κ3) is 3.45. The van der Waals surface area contributed by atoms with Crippen LogP contribution in [-0.2, 0) is 7.05 Å². The minimum Gasteiger partial charge on any atom is -0.477 e. The number of nitrogens with zero attached hydrogens (tertiary/aromatic N) is 7. The highest BCUT2D eigenvalue weighted by molar-refractivity contribution is 6.09. The molecule has 1 fully saturated rings. The van der Waals surface area contributed by atoms with E-state index in [-0.39, 0.29) is 28.2 Å². The smallest absolute Gasteiger partial charge is 0.355 e. The van der Waals surface area contributed by atoms with Crippen LogP contribution >= 0.6 is 0 Å². The lowest BCUT2D eigenvalue weighted by Crippen LogP contribution is -2.29. The van der Waals surface area contributed by atoms with Crippen LogP contribution in [0.1, 0.15) is 44.0 Å². The zero-order chi connectivity index (χ0) is 24.0. The van der Waals surface area contributed by atoms with Gasteiger partial charge in [-0.25, -0.2) is 14.3 Å². The standard InChI is InChI=1S/C22H20N8O4/c1-28-17(22(33)34)15(21(32)29-7-2-3-8-29)16(26-28)13-9-14(18(23)31)20-25-19(27-30(20)11-13)12-5-4-6-24-10-12/h4-6,9-11H,2-3,7-8H2,1H3,(H2,23,31)(H,33,34). The Bertz CT molecular complexity index is 1450. The van der Waals surface area contributed by atoms with Crippen molar-refractivity contribution in [3.8, 4) is 22.6 Å². The molecule has 5 heterocycles. The highest BCUT2D eigenvalue weighted by atomic mass is 16.4. The first kappa shape index (κ1) is 21.2. The fraction of sp³-hybridized carbons (Fsp3) is 0.227. The Kier molecular flexibility index (Phi) is 5.04. The van der Waals surface area contributed by atoms with E-state index in [4.69, 9.17) is 5.73 Å². The largest absolute Gasteiger partial charge is 0.477 e. The monoisotopic (exact) mass is 460 g/mol. The summed E-state index contributed by atoms with van der Waals surface area (Å²) in [4.78, 5) is 47.7. The van der Waals surface area contributed by atoms with Crippen molar-refractivity contribution >= 4 is 23.4 Å². The average molecular weight is 460 g/mol. The quantitative estimate of drug-likeness (QED) is 0.449. The number of pyridine rings is 2. The third-order valence-electron chi connectivity index (χ3n) is 5.75. The molecule has 0 aromatic carbocycles. The molecule has 3 N–H and O–H groups in total. The zero-order valence-electron chi connectivity index (χ0n) is 18.2. The Morgan fingerprint density at radius 3 is 2.53 bits per heavy atom. The summed E-state index contributed by atoms with van der Waals surface area (Å²) >= 11 is 0. The van der Waals surface area contributed by atoms with Crippen LogP contribution in [0.3, 0.4) is 0 Å². The van der Waals surface area contributed by atoms with Crippen LogP contribution in [0.25, 0.3) is 28.3 Å². The van der Waals surface area contributed by atoms with Crippen molar-refractivity contribution in [2.75, 3.05) is 13.1 Å². The molecule has 172 valence electrons. The van der Waals surface area contributed by atoms with Crippen molar-refractivity contribution < 1.29 is 19.5 Å². The van der Waals surface area contributed by atoms with Crippen LogP contribution in [0.2, 0.25) is 0 Å². The van der Waals surface area contributed by atoms with Crippen LogP contribution in [-0.4, -0.2) is 70.2 Å². The van der Waals surface area contributed by atoms with Gasteiger partial charge in [0.25, 0.3) is 11.8 Å². The van der Waals surface area contributed by atoms with E-state index >= 15 is 0 Å². The number of hydrogen-bond donors (Lipinski definition) is 2. The number of carboxylic acid groups (broad SMARTS) is 1. The van der Waals surface area contributed by atoms with Gasteiger partial charge in [-0.2, -0.15) is 5.10 Å². The summed E-state index contributed by atoms with van der Waals surface area (Å²) in [6, 6.07) is 4.96. The van der Waals surface area contributed by atoms with Gasteiger partial charge in [-0.3, -0.25) is 19.3 Å². The van der Waals surface area contributed by atoms with E-state index in [1.807, 2.05) is 0 Å². The van der Waals surface area contributed by atoms with Crippen molar-refractivity contribution in [1.82, 2.24) is 34.3 Å². The Morgan fingerprint density at radius 1 is 1.12 bits per heavy atom. The lowest BCUT2D eigenvalue weighted by molar-refractivity contribution is 0.0670. The fourth-order valence-corrected chi connectivity index (χ4v) is 4.17. The minimum absolute atomic E-state index is 0.0423. The number of rotatable bonds is 5. The number of amides is 2. The number of primary amides is 1. The van der Waals surface area contributed by atoms with E-state index in [1.54, 1.807) is 35.6 Å². The summed E-state index contributed by atoms with van der Waals surface area (Å²) in [5.41, 5.74) is 6.71. The van der Waals surface area contributed by atoms with Gasteiger partial charge in [-0.1, -0.05) is 0 Å². The van der Waals surface area contributed by atoms with Gasteiger partial charge in [0, 0.05) is 49.9 Å². The van der Waals surface area contributed by atoms with Gasteiger partial charge in [-0.15, -0.1) is 5.10 Å². The van der Waals surface area contributed by atoms with Crippen molar-refractivity contribution in [1.29, 1.82) is 0 Å². The van der Waals surface area contributed by atoms with E-state index in [1.165, 1.54) is 17.6 Å². The first-order valence-electron chi connectivity index (χ1n) is 10.6. The molecular weight excluding hydrogens is 440 g/mol. The summed E-state index contributed by atoms with van der Waals surface area (Å²) < 4.78 is 2.52. The van der Waals surface area contributed by atoms with Gasteiger partial charge in [0.1, 0.15) is 11.3 Å². The maximum atomic E-state index is 13.3. The molecule has 0 saturated carbocycles. The number of hydrogen-bond acceptors (Lipinski definition) is 7. The van der Waals surface area contributed by atoms with E-state index < -0.39 is 17.8 Å². The number of nitrogens with two attached hydrogens (primary N) is 1. The van der Waals surface area contributed by atoms with Crippen LogP contribution in [0, 0.1) is 0 Å². The molecule has 12 heteroatoms. The highest BCUT2D eigenvalue weighted by Gasteiger charge is 2.32. The Morgan fingerprint density at radius 2 is 1.88 bits per heavy atom. The molecule has 12 nitrogen and oxygen atoms in total. The molecule has 4 aromatic heterocycles. The van der Waals surface area contributed by atoms with Crippen molar-refractivity contribution in [2.24, 2.45) is 12.8 Å². The first-order chi connectivity index (χ1) is 16.3. The molecule has 34 heavy (non-hydrogen) atoms. The van der Waals surface area contributed by atoms with Gasteiger partial charge in [0.2, 0.25) is 0 Å². The summed E-state index contributed by atoms with van der Waals surface area (Å²) in [5, 5.41) is 18.6. The van der Waals surface area contributed by atoms with Gasteiger partial charge < -0.3 is 15.7 Å². The van der Waals surface area contributed by atoms with Gasteiger partial charge >= 0.3 is 5.97 Å². The minimum atomic E-state index is -1.28. The average Bonchev–Trinajstić information content (AvgIpc) is 3.56. The van der Waals surface area contributed by atoms with E-state index in [0.717, 1.165) is 17.5 Å². The summed E-state index contributed by atoms with van der Waals surface area (Å²) in [5.74, 6) is -2.12. The Hall–Kier alpha value is -4.61. The number of aryl methyl sites for hydroxylation is 1. The number of carboxylic acids is 1. The second-order valence-electron chi connectivity index (χ2n) is 7.95. The molecule has 0 radical (unpaired) electrons. The molecule has 0 atom stereocenters. The van der Waals surface area contributed by atoms with Gasteiger partial charge in [0.15, 0.2) is 17.2 Å². The number of aromatic carboxylic acids is 1. The van der Waals surface area contributed by atoms with Crippen LogP contribution < -0.4 is 5.73 Å². The Balaban J connectivity index is 1.73. The lowest BCUT2D eigenvalue weighted by atomic mass is 10.0. The summed E-state index contributed by atoms with van der Waals surface area (Å²) in [7, 11) is 1.46. The molecule has 1 aliphatic rings. The predicted octanol–water partition coefficient (Wildman–Crippen LogP) is 1.22. The second kappa shape index (κ2) is 8.06. The molecule has 0 aliphatic carbocycles. The molecule has 0 unspecified atom stereocenters. The van der Waals surface area contributed by atoms with Gasteiger partial charge in [-0.05, 0) is 31.0 Å². The molecule has 1 aliphatic heterocycles. The number of likely N-dealkylation sites (tertiary alicyclic amines) is 1. The molecule has 1 saturated heterocycles.